The Hall–Kier alpha value is -2.04. The minimum atomic E-state index is -3.40. The Kier molecular flexibility index (Phi) is 4.88. The van der Waals surface area contributed by atoms with Crippen LogP contribution in [-0.2, 0) is 12.8 Å². The second-order valence-electron chi connectivity index (χ2n) is 8.05. The number of alkyl halides is 2. The van der Waals surface area contributed by atoms with E-state index in [1.165, 1.54) is 6.07 Å². The van der Waals surface area contributed by atoms with E-state index in [9.17, 15) is 17.6 Å². The molecular formula is C23H24F4O. The van der Waals surface area contributed by atoms with Crippen LogP contribution in [0.25, 0.3) is 10.8 Å². The maximum absolute atomic E-state index is 15.0. The fourth-order valence-corrected chi connectivity index (χ4v) is 4.82. The lowest BCUT2D eigenvalue weighted by Gasteiger charge is -2.40. The maximum Gasteiger partial charge on any atom is 0.401 e. The molecule has 1 unspecified atom stereocenters. The van der Waals surface area contributed by atoms with E-state index in [-0.39, 0.29) is 29.0 Å². The highest BCUT2D eigenvalue weighted by atomic mass is 19.3. The van der Waals surface area contributed by atoms with Crippen molar-refractivity contribution in [2.24, 2.45) is 17.8 Å². The van der Waals surface area contributed by atoms with E-state index in [4.69, 9.17) is 4.74 Å². The molecule has 2 aromatic carbocycles. The van der Waals surface area contributed by atoms with E-state index in [1.807, 2.05) is 6.08 Å². The minimum Gasteiger partial charge on any atom is -0.431 e. The average molecular weight is 392 g/mol. The van der Waals surface area contributed by atoms with Crippen LogP contribution in [0.1, 0.15) is 43.7 Å². The fraction of sp³-hybridized carbons (Fsp3) is 0.478. The molecular weight excluding hydrogens is 368 g/mol. The van der Waals surface area contributed by atoms with Gasteiger partial charge in [0.25, 0.3) is 0 Å². The van der Waals surface area contributed by atoms with Crippen LogP contribution in [0.15, 0.2) is 30.9 Å². The molecule has 150 valence electrons. The third-order valence-corrected chi connectivity index (χ3v) is 6.50. The highest BCUT2D eigenvalue weighted by Crippen LogP contribution is 2.49. The van der Waals surface area contributed by atoms with Crippen LogP contribution in [0.5, 0.6) is 5.75 Å². The zero-order valence-corrected chi connectivity index (χ0v) is 15.9. The van der Waals surface area contributed by atoms with E-state index in [1.54, 1.807) is 19.1 Å². The van der Waals surface area contributed by atoms with E-state index < -0.39 is 23.7 Å². The van der Waals surface area contributed by atoms with Crippen LogP contribution in [0.4, 0.5) is 17.6 Å². The lowest BCUT2D eigenvalue weighted by molar-refractivity contribution is -0.237. The molecule has 0 spiro atoms. The van der Waals surface area contributed by atoms with Crippen LogP contribution in [-0.4, -0.2) is 6.11 Å². The first-order valence-corrected chi connectivity index (χ1v) is 9.97. The van der Waals surface area contributed by atoms with Crippen molar-refractivity contribution < 1.29 is 22.3 Å². The molecule has 5 heteroatoms. The molecule has 1 heterocycles. The highest BCUT2D eigenvalue weighted by Gasteiger charge is 2.50. The van der Waals surface area contributed by atoms with Gasteiger partial charge in [-0.1, -0.05) is 25.1 Å². The smallest absolute Gasteiger partial charge is 0.401 e. The van der Waals surface area contributed by atoms with Crippen molar-refractivity contribution >= 4 is 10.8 Å². The first-order valence-electron chi connectivity index (χ1n) is 9.97. The van der Waals surface area contributed by atoms with Gasteiger partial charge >= 0.3 is 6.11 Å². The van der Waals surface area contributed by atoms with Gasteiger partial charge in [0.05, 0.1) is 11.3 Å². The summed E-state index contributed by atoms with van der Waals surface area (Å²) in [5, 5.41) is 0.205. The summed E-state index contributed by atoms with van der Waals surface area (Å²) in [6, 6.07) is 4.90. The molecule has 1 fully saturated rings. The largest absolute Gasteiger partial charge is 0.431 e. The molecule has 28 heavy (non-hydrogen) atoms. The Morgan fingerprint density at radius 1 is 1.14 bits per heavy atom. The zero-order chi connectivity index (χ0) is 20.1. The van der Waals surface area contributed by atoms with E-state index in [0.29, 0.717) is 36.1 Å². The van der Waals surface area contributed by atoms with Crippen molar-refractivity contribution in [3.63, 3.8) is 0 Å². The molecule has 2 aliphatic rings. The molecule has 0 N–H and O–H groups in total. The van der Waals surface area contributed by atoms with Gasteiger partial charge in [0.1, 0.15) is 5.75 Å². The van der Waals surface area contributed by atoms with Crippen LogP contribution in [0.2, 0.25) is 0 Å². The first-order chi connectivity index (χ1) is 13.4. The summed E-state index contributed by atoms with van der Waals surface area (Å²) in [6.45, 7) is 5.52. The Bertz CT molecular complexity index is 913. The van der Waals surface area contributed by atoms with E-state index in [0.717, 1.165) is 12.8 Å². The van der Waals surface area contributed by atoms with Gasteiger partial charge in [-0.3, -0.25) is 0 Å². The van der Waals surface area contributed by atoms with Gasteiger partial charge in [0.15, 0.2) is 11.6 Å². The van der Waals surface area contributed by atoms with Gasteiger partial charge in [-0.25, -0.2) is 8.78 Å². The third-order valence-electron chi connectivity index (χ3n) is 6.50. The van der Waals surface area contributed by atoms with Crippen molar-refractivity contribution in [1.82, 2.24) is 0 Å². The Morgan fingerprint density at radius 3 is 2.50 bits per heavy atom. The topological polar surface area (TPSA) is 9.23 Å². The molecule has 0 saturated heterocycles. The summed E-state index contributed by atoms with van der Waals surface area (Å²) in [7, 11) is 0. The number of halogens is 4. The Labute approximate surface area is 162 Å². The predicted molar refractivity (Wildman–Crippen MR) is 102 cm³/mol. The molecule has 1 saturated carbocycles. The summed E-state index contributed by atoms with van der Waals surface area (Å²) in [6.07, 6.45) is 2.03. The summed E-state index contributed by atoms with van der Waals surface area (Å²) in [4.78, 5) is 0. The van der Waals surface area contributed by atoms with Gasteiger partial charge in [0.2, 0.25) is 0 Å². The van der Waals surface area contributed by atoms with Crippen LogP contribution >= 0.6 is 0 Å². The van der Waals surface area contributed by atoms with Crippen molar-refractivity contribution in [3.8, 4) is 5.75 Å². The van der Waals surface area contributed by atoms with Gasteiger partial charge in [0, 0.05) is 0 Å². The summed E-state index contributed by atoms with van der Waals surface area (Å²) >= 11 is 0. The normalized spacial score (nSPS) is 26.5. The van der Waals surface area contributed by atoms with Crippen molar-refractivity contribution in [2.45, 2.75) is 51.6 Å². The van der Waals surface area contributed by atoms with Gasteiger partial charge in [-0.2, -0.15) is 8.78 Å². The number of fused-ring (bicyclic) bond motifs is 3. The standard InChI is InChI=1S/C23H24F4O/c1-3-13-5-7-15(8-6-13)18-12-17-10-9-16-11-14(4-2)20(24)21(25)19(16)22(17)28-23(18,26)27/h3,9-11,13,15,18H,1,4-8,12H2,2H3. The van der Waals surface area contributed by atoms with Crippen LogP contribution in [0, 0.1) is 29.4 Å². The molecule has 1 atom stereocenters. The number of hydrogen-bond donors (Lipinski definition) is 0. The molecule has 0 bridgehead atoms. The zero-order valence-electron chi connectivity index (χ0n) is 15.9. The number of allylic oxidation sites excluding steroid dienone is 1. The van der Waals surface area contributed by atoms with Crippen LogP contribution < -0.4 is 4.74 Å². The monoisotopic (exact) mass is 392 g/mol. The lowest BCUT2D eigenvalue weighted by atomic mass is 9.72. The van der Waals surface area contributed by atoms with Crippen molar-refractivity contribution in [2.75, 3.05) is 0 Å². The Morgan fingerprint density at radius 2 is 1.86 bits per heavy atom. The van der Waals surface area contributed by atoms with Crippen LogP contribution in [0.3, 0.4) is 0 Å². The first kappa shape index (κ1) is 19.3. The third kappa shape index (κ3) is 3.09. The quantitative estimate of drug-likeness (QED) is 0.411. The SMILES string of the molecule is C=CC1CCC(C2Cc3ccc4cc(CC)c(F)c(F)c4c3OC2(F)F)CC1. The molecule has 0 amide bonds. The molecule has 1 aliphatic carbocycles. The van der Waals surface area contributed by atoms with Crippen molar-refractivity contribution in [3.05, 3.63) is 53.6 Å². The number of rotatable bonds is 3. The number of hydrogen-bond acceptors (Lipinski definition) is 1. The van der Waals surface area contributed by atoms with E-state index >= 15 is 0 Å². The average Bonchev–Trinajstić information content (AvgIpc) is 2.69. The molecule has 1 aliphatic heterocycles. The summed E-state index contributed by atoms with van der Waals surface area (Å²) in [5.41, 5.74) is 0.751. The van der Waals surface area contributed by atoms with Gasteiger partial charge < -0.3 is 4.74 Å². The highest BCUT2D eigenvalue weighted by molar-refractivity contribution is 5.91. The lowest BCUT2D eigenvalue weighted by Crippen LogP contribution is -2.44. The fourth-order valence-electron chi connectivity index (χ4n) is 4.82. The number of aryl methyl sites for hydroxylation is 1. The van der Waals surface area contributed by atoms with Crippen molar-refractivity contribution in [1.29, 1.82) is 0 Å². The molecule has 0 aromatic heterocycles. The second kappa shape index (κ2) is 7.09. The molecule has 4 rings (SSSR count). The summed E-state index contributed by atoms with van der Waals surface area (Å²) < 4.78 is 64.0. The van der Waals surface area contributed by atoms with Gasteiger partial charge in [-0.15, -0.1) is 6.58 Å². The maximum atomic E-state index is 15.0. The predicted octanol–water partition coefficient (Wildman–Crippen LogP) is 6.82. The molecule has 1 nitrogen and oxygen atoms in total. The molecule has 2 aromatic rings. The van der Waals surface area contributed by atoms with Gasteiger partial charge in [-0.05, 0) is 72.9 Å². The minimum absolute atomic E-state index is 0.109. The summed E-state index contributed by atoms with van der Waals surface area (Å²) in [5.74, 6) is -3.02. The number of benzene rings is 2. The molecule has 0 radical (unpaired) electrons. The van der Waals surface area contributed by atoms with E-state index in [2.05, 4.69) is 6.58 Å². The Balaban J connectivity index is 1.73. The second-order valence-corrected chi connectivity index (χ2v) is 8.05. The number of ether oxygens (including phenoxy) is 1.